The number of carbonyl (C=O) groups excluding carboxylic acids is 1. The molecule has 0 aliphatic rings. The Hall–Kier alpha value is -2.36. The van der Waals surface area contributed by atoms with E-state index >= 15 is 0 Å². The number of nitrogens with one attached hydrogen (secondary N) is 1. The van der Waals surface area contributed by atoms with Gasteiger partial charge in [0, 0.05) is 30.7 Å². The van der Waals surface area contributed by atoms with Gasteiger partial charge in [-0.2, -0.15) is 0 Å². The summed E-state index contributed by atoms with van der Waals surface area (Å²) in [6, 6.07) is 11.9. The maximum absolute atomic E-state index is 12.7. The van der Waals surface area contributed by atoms with E-state index in [0.29, 0.717) is 18.2 Å². The zero-order chi connectivity index (χ0) is 15.9. The maximum Gasteiger partial charge on any atom is 0.259 e. The normalized spacial score (nSPS) is 11.8. The van der Waals surface area contributed by atoms with E-state index in [2.05, 4.69) is 24.1 Å². The van der Waals surface area contributed by atoms with Crippen LogP contribution in [0.25, 0.3) is 0 Å². The second-order valence-electron chi connectivity index (χ2n) is 5.30. The van der Waals surface area contributed by atoms with Crippen molar-refractivity contribution < 1.29 is 4.79 Å². The Kier molecular flexibility index (Phi) is 5.53. The number of para-hydroxylation sites is 1. The third-order valence-corrected chi connectivity index (χ3v) is 3.64. The van der Waals surface area contributed by atoms with Crippen LogP contribution >= 0.6 is 0 Å². The molecule has 2 rings (SSSR count). The standard InChI is InChI=1S/C18H23N3O/c1-4-14(3)20-16-11-15(12-19-13-16)18(22)21(5-2)17-9-7-6-8-10-17/h6-14,20H,4-5H2,1-3H3. The first-order valence-electron chi connectivity index (χ1n) is 7.74. The van der Waals surface area contributed by atoms with Gasteiger partial charge in [0.1, 0.15) is 0 Å². The van der Waals surface area contributed by atoms with Gasteiger partial charge in [-0.05, 0) is 38.5 Å². The van der Waals surface area contributed by atoms with Crippen molar-refractivity contribution in [2.24, 2.45) is 0 Å². The second kappa shape index (κ2) is 7.59. The molecule has 4 heteroatoms. The van der Waals surface area contributed by atoms with Crippen LogP contribution < -0.4 is 10.2 Å². The van der Waals surface area contributed by atoms with Gasteiger partial charge in [-0.25, -0.2) is 0 Å². The van der Waals surface area contributed by atoms with Crippen molar-refractivity contribution in [1.29, 1.82) is 0 Å². The summed E-state index contributed by atoms with van der Waals surface area (Å²) in [6.45, 7) is 6.82. The van der Waals surface area contributed by atoms with Gasteiger partial charge >= 0.3 is 0 Å². The lowest BCUT2D eigenvalue weighted by Crippen LogP contribution is -2.30. The van der Waals surface area contributed by atoms with Crippen LogP contribution in [0.4, 0.5) is 11.4 Å². The van der Waals surface area contributed by atoms with Crippen molar-refractivity contribution >= 4 is 17.3 Å². The highest BCUT2D eigenvalue weighted by molar-refractivity contribution is 6.06. The van der Waals surface area contributed by atoms with Crippen LogP contribution in [-0.4, -0.2) is 23.5 Å². The summed E-state index contributed by atoms with van der Waals surface area (Å²) in [7, 11) is 0. The van der Waals surface area contributed by atoms with Gasteiger partial charge in [-0.1, -0.05) is 25.1 Å². The molecule has 1 aromatic heterocycles. The fourth-order valence-corrected chi connectivity index (χ4v) is 2.23. The smallest absolute Gasteiger partial charge is 0.259 e. The van der Waals surface area contributed by atoms with Crippen LogP contribution in [0.3, 0.4) is 0 Å². The topological polar surface area (TPSA) is 45.2 Å². The van der Waals surface area contributed by atoms with Crippen molar-refractivity contribution in [3.63, 3.8) is 0 Å². The van der Waals surface area contributed by atoms with Gasteiger partial charge in [0.2, 0.25) is 0 Å². The van der Waals surface area contributed by atoms with Gasteiger partial charge in [0.15, 0.2) is 0 Å². The first kappa shape index (κ1) is 16.0. The molecule has 0 saturated carbocycles. The van der Waals surface area contributed by atoms with Crippen LogP contribution in [0.1, 0.15) is 37.6 Å². The first-order chi connectivity index (χ1) is 10.7. The molecule has 22 heavy (non-hydrogen) atoms. The number of pyridine rings is 1. The number of aromatic nitrogens is 1. The molecule has 0 radical (unpaired) electrons. The predicted octanol–water partition coefficient (Wildman–Crippen LogP) is 3.96. The lowest BCUT2D eigenvalue weighted by Gasteiger charge is -2.21. The van der Waals surface area contributed by atoms with E-state index < -0.39 is 0 Å². The first-order valence-corrected chi connectivity index (χ1v) is 7.74. The zero-order valence-electron chi connectivity index (χ0n) is 13.4. The fourth-order valence-electron chi connectivity index (χ4n) is 2.23. The molecule has 1 amide bonds. The highest BCUT2D eigenvalue weighted by Gasteiger charge is 2.16. The van der Waals surface area contributed by atoms with E-state index in [9.17, 15) is 4.79 Å². The zero-order valence-corrected chi connectivity index (χ0v) is 13.4. The molecule has 0 spiro atoms. The molecule has 0 bridgehead atoms. The van der Waals surface area contributed by atoms with Crippen molar-refractivity contribution in [2.45, 2.75) is 33.2 Å². The number of nitrogens with zero attached hydrogens (tertiary/aromatic N) is 2. The molecular formula is C18H23N3O. The lowest BCUT2D eigenvalue weighted by molar-refractivity contribution is 0.0988. The quantitative estimate of drug-likeness (QED) is 0.878. The van der Waals surface area contributed by atoms with Crippen molar-refractivity contribution in [3.05, 3.63) is 54.4 Å². The Labute approximate surface area is 132 Å². The summed E-state index contributed by atoms with van der Waals surface area (Å²) in [5.41, 5.74) is 2.37. The molecular weight excluding hydrogens is 274 g/mol. The summed E-state index contributed by atoms with van der Waals surface area (Å²) in [4.78, 5) is 18.7. The van der Waals surface area contributed by atoms with Crippen LogP contribution in [0.5, 0.6) is 0 Å². The minimum Gasteiger partial charge on any atom is -0.381 e. The van der Waals surface area contributed by atoms with Gasteiger partial charge < -0.3 is 10.2 Å². The number of hydrogen-bond donors (Lipinski definition) is 1. The van der Waals surface area contributed by atoms with E-state index in [1.54, 1.807) is 17.3 Å². The van der Waals surface area contributed by atoms with Gasteiger partial charge in [0.25, 0.3) is 5.91 Å². The molecule has 0 fully saturated rings. The van der Waals surface area contributed by atoms with E-state index in [-0.39, 0.29) is 5.91 Å². The molecule has 0 aliphatic carbocycles. The number of benzene rings is 1. The summed E-state index contributed by atoms with van der Waals surface area (Å²) >= 11 is 0. The summed E-state index contributed by atoms with van der Waals surface area (Å²) in [5, 5.41) is 3.35. The SMILES string of the molecule is CCC(C)Nc1cncc(C(=O)N(CC)c2ccccc2)c1. The largest absolute Gasteiger partial charge is 0.381 e. The van der Waals surface area contributed by atoms with Crippen molar-refractivity contribution in [2.75, 3.05) is 16.8 Å². The summed E-state index contributed by atoms with van der Waals surface area (Å²) < 4.78 is 0. The highest BCUT2D eigenvalue weighted by atomic mass is 16.2. The second-order valence-corrected chi connectivity index (χ2v) is 5.30. The van der Waals surface area contributed by atoms with E-state index in [1.807, 2.05) is 43.3 Å². The van der Waals surface area contributed by atoms with Gasteiger partial charge in [-0.15, -0.1) is 0 Å². The molecule has 1 N–H and O–H groups in total. The van der Waals surface area contributed by atoms with Crippen molar-refractivity contribution in [3.8, 4) is 0 Å². The average molecular weight is 297 g/mol. The minimum atomic E-state index is -0.0333. The Balaban J connectivity index is 2.23. The number of anilines is 2. The molecule has 1 atom stereocenters. The number of amides is 1. The molecule has 0 saturated heterocycles. The van der Waals surface area contributed by atoms with E-state index in [0.717, 1.165) is 17.8 Å². The van der Waals surface area contributed by atoms with Gasteiger partial charge in [0.05, 0.1) is 11.3 Å². The van der Waals surface area contributed by atoms with E-state index in [4.69, 9.17) is 0 Å². The van der Waals surface area contributed by atoms with Crippen LogP contribution in [0.15, 0.2) is 48.8 Å². The number of rotatable bonds is 6. The molecule has 1 unspecified atom stereocenters. The molecule has 116 valence electrons. The molecule has 0 aliphatic heterocycles. The molecule has 4 nitrogen and oxygen atoms in total. The predicted molar refractivity (Wildman–Crippen MR) is 91.4 cm³/mol. The number of hydrogen-bond acceptors (Lipinski definition) is 3. The van der Waals surface area contributed by atoms with Gasteiger partial charge in [-0.3, -0.25) is 9.78 Å². The maximum atomic E-state index is 12.7. The Morgan fingerprint density at radius 2 is 1.95 bits per heavy atom. The minimum absolute atomic E-state index is 0.0333. The van der Waals surface area contributed by atoms with Crippen LogP contribution in [0, 0.1) is 0 Å². The monoisotopic (exact) mass is 297 g/mol. The number of carbonyl (C=O) groups is 1. The third-order valence-electron chi connectivity index (χ3n) is 3.64. The van der Waals surface area contributed by atoms with Crippen LogP contribution in [0.2, 0.25) is 0 Å². The Morgan fingerprint density at radius 1 is 1.23 bits per heavy atom. The summed E-state index contributed by atoms with van der Waals surface area (Å²) in [5.74, 6) is -0.0333. The highest BCUT2D eigenvalue weighted by Crippen LogP contribution is 2.18. The molecule has 1 heterocycles. The molecule has 2 aromatic rings. The Bertz CT molecular complexity index is 613. The third kappa shape index (κ3) is 3.85. The Morgan fingerprint density at radius 3 is 2.59 bits per heavy atom. The lowest BCUT2D eigenvalue weighted by atomic mass is 10.2. The average Bonchev–Trinajstić information content (AvgIpc) is 2.56. The fraction of sp³-hybridized carbons (Fsp3) is 0.333. The van der Waals surface area contributed by atoms with Crippen molar-refractivity contribution in [1.82, 2.24) is 4.98 Å². The van der Waals surface area contributed by atoms with Crippen LogP contribution in [-0.2, 0) is 0 Å². The summed E-state index contributed by atoms with van der Waals surface area (Å²) in [6.07, 6.45) is 4.39. The van der Waals surface area contributed by atoms with E-state index in [1.165, 1.54) is 0 Å². The molecule has 1 aromatic carbocycles.